The molecule has 0 spiro atoms. The summed E-state index contributed by atoms with van der Waals surface area (Å²) in [6.45, 7) is -0.618. The second-order valence-corrected chi connectivity index (χ2v) is 11.2. The van der Waals surface area contributed by atoms with Crippen molar-refractivity contribution in [3.8, 4) is 0 Å². The first-order valence-electron chi connectivity index (χ1n) is 10.9. The van der Waals surface area contributed by atoms with E-state index in [2.05, 4.69) is 10.1 Å². The number of benzene rings is 1. The lowest BCUT2D eigenvalue weighted by Crippen LogP contribution is -2.36. The first kappa shape index (κ1) is 27.0. The number of aromatic nitrogens is 2. The van der Waals surface area contributed by atoms with Crippen LogP contribution in [0.3, 0.4) is 0 Å². The van der Waals surface area contributed by atoms with Crippen molar-refractivity contribution in [3.63, 3.8) is 0 Å². The van der Waals surface area contributed by atoms with E-state index in [4.69, 9.17) is 19.2 Å². The van der Waals surface area contributed by atoms with Gasteiger partial charge in [-0.3, -0.25) is 23.7 Å². The molecule has 2 aromatic heterocycles. The van der Waals surface area contributed by atoms with Crippen molar-refractivity contribution >= 4 is 31.2 Å². The van der Waals surface area contributed by atoms with Crippen LogP contribution in [-0.2, 0) is 26.8 Å². The molecular weight excluding hydrogens is 529 g/mol. The summed E-state index contributed by atoms with van der Waals surface area (Å²) in [5.41, 5.74) is 5.60. The molecule has 5 atom stereocenters. The molecule has 1 unspecified atom stereocenters. The van der Waals surface area contributed by atoms with Crippen molar-refractivity contribution in [2.24, 2.45) is 0 Å². The van der Waals surface area contributed by atoms with Crippen molar-refractivity contribution in [1.29, 1.82) is 0 Å². The maximum absolute atomic E-state index is 13.5. The number of thioether (sulfide) groups is 1. The number of nitrogen functional groups attached to an aromatic ring is 1. The fraction of sp³-hybridized carbons (Fsp3) is 0.333. The van der Waals surface area contributed by atoms with Crippen molar-refractivity contribution < 1.29 is 33.2 Å². The Bertz CT molecular complexity index is 1340. The first-order chi connectivity index (χ1) is 17.6. The summed E-state index contributed by atoms with van der Waals surface area (Å²) in [5.74, 6) is -0.425. The number of nitrogens with one attached hydrogen (secondary N) is 1. The van der Waals surface area contributed by atoms with Gasteiger partial charge >= 0.3 is 19.3 Å². The minimum Gasteiger partial charge on any atom is -0.403 e. The molecule has 1 aromatic carbocycles. The lowest BCUT2D eigenvalue weighted by Gasteiger charge is -2.22. The third-order valence-electron chi connectivity index (χ3n) is 5.40. The zero-order chi connectivity index (χ0) is 26.6. The third-order valence-corrected chi connectivity index (χ3v) is 8.45. The van der Waals surface area contributed by atoms with E-state index in [-0.39, 0.29) is 24.7 Å². The normalized spacial score (nSPS) is 23.1. The molecule has 0 aliphatic carbocycles. The van der Waals surface area contributed by atoms with Gasteiger partial charge in [-0.15, -0.1) is 11.8 Å². The molecule has 37 heavy (non-hydrogen) atoms. The quantitative estimate of drug-likeness (QED) is 0.152. The maximum atomic E-state index is 13.5. The van der Waals surface area contributed by atoms with Crippen LogP contribution in [-0.4, -0.2) is 48.8 Å². The highest BCUT2D eigenvalue weighted by atomic mass is 32.2. The Morgan fingerprint density at radius 1 is 1.19 bits per heavy atom. The Balaban J connectivity index is 1.45. The second-order valence-electron chi connectivity index (χ2n) is 7.97. The third kappa shape index (κ3) is 6.64. The largest absolute Gasteiger partial charge is 0.433 e. The number of nitrogens with two attached hydrogens (primary N) is 1. The summed E-state index contributed by atoms with van der Waals surface area (Å²) in [5, 5.41) is 33.0. The van der Waals surface area contributed by atoms with Crippen molar-refractivity contribution in [1.82, 2.24) is 14.6 Å². The maximum Gasteiger partial charge on any atom is 0.433 e. The molecule has 1 fully saturated rings. The van der Waals surface area contributed by atoms with E-state index >= 15 is 0 Å². The molecule has 14 nitrogen and oxygen atoms in total. The van der Waals surface area contributed by atoms with E-state index in [9.17, 15) is 29.7 Å². The molecule has 1 aliphatic heterocycles. The summed E-state index contributed by atoms with van der Waals surface area (Å²) in [4.78, 5) is 26.0. The number of furan rings is 1. The van der Waals surface area contributed by atoms with Crippen LogP contribution in [0.15, 0.2) is 63.9 Å². The van der Waals surface area contributed by atoms with Gasteiger partial charge in [-0.05, 0) is 17.7 Å². The number of nitro groups is 1. The average Bonchev–Trinajstić information content (AvgIpc) is 3.47. The van der Waals surface area contributed by atoms with E-state index < -0.39 is 53.7 Å². The van der Waals surface area contributed by atoms with Crippen LogP contribution in [0.5, 0.6) is 0 Å². The number of hydrogen-bond acceptors (Lipinski definition) is 12. The molecule has 5 N–H and O–H groups in total. The Hall–Kier alpha value is -3.04. The van der Waals surface area contributed by atoms with Gasteiger partial charge in [0, 0.05) is 12.7 Å². The number of aliphatic hydroxyl groups excluding tert-OH is 2. The molecule has 16 heteroatoms. The van der Waals surface area contributed by atoms with E-state index in [1.807, 2.05) is 6.07 Å². The van der Waals surface area contributed by atoms with Gasteiger partial charge in [-0.25, -0.2) is 14.4 Å². The van der Waals surface area contributed by atoms with Crippen LogP contribution < -0.4 is 16.5 Å². The summed E-state index contributed by atoms with van der Waals surface area (Å²) in [6.07, 6.45) is -1.31. The van der Waals surface area contributed by atoms with Crippen molar-refractivity contribution in [2.45, 2.75) is 36.0 Å². The number of nitrogens with zero attached hydrogens (tertiary/aromatic N) is 3. The zero-order valence-corrected chi connectivity index (χ0v) is 20.9. The van der Waals surface area contributed by atoms with Crippen molar-refractivity contribution in [2.75, 3.05) is 12.3 Å². The number of aliphatic hydroxyl groups is 2. The number of anilines is 1. The van der Waals surface area contributed by atoms with Gasteiger partial charge in [0.05, 0.1) is 24.0 Å². The Morgan fingerprint density at radius 2 is 1.95 bits per heavy atom. The van der Waals surface area contributed by atoms with Crippen LogP contribution in [0.2, 0.25) is 0 Å². The molecule has 0 bridgehead atoms. The fourth-order valence-corrected chi connectivity index (χ4v) is 6.32. The molecular formula is C21H24N5O9PS. The summed E-state index contributed by atoms with van der Waals surface area (Å²) < 4.78 is 30.8. The molecule has 1 saturated heterocycles. The minimum absolute atomic E-state index is 0.0173. The van der Waals surface area contributed by atoms with E-state index in [0.29, 0.717) is 0 Å². The predicted octanol–water partition coefficient (Wildman–Crippen LogP) is 1.79. The smallest absolute Gasteiger partial charge is 0.403 e. The summed E-state index contributed by atoms with van der Waals surface area (Å²) >= 11 is 1.04. The van der Waals surface area contributed by atoms with Gasteiger partial charge in [0.1, 0.15) is 34.6 Å². The fourth-order valence-electron chi connectivity index (χ4n) is 3.49. The van der Waals surface area contributed by atoms with Crippen LogP contribution >= 0.6 is 19.5 Å². The highest BCUT2D eigenvalue weighted by Gasteiger charge is 2.45. The number of hydrogen-bond donors (Lipinski definition) is 4. The summed E-state index contributed by atoms with van der Waals surface area (Å²) in [6, 6.07) is 12.9. The Morgan fingerprint density at radius 3 is 2.62 bits per heavy atom. The van der Waals surface area contributed by atoms with Gasteiger partial charge in [-0.2, -0.15) is 4.98 Å². The molecule has 0 saturated carbocycles. The minimum atomic E-state index is -4.05. The first-order valence-corrected chi connectivity index (χ1v) is 13.4. The van der Waals surface area contributed by atoms with Gasteiger partial charge in [0.15, 0.2) is 0 Å². The molecule has 3 aromatic rings. The topological polar surface area (TPSA) is 205 Å². The SMILES string of the molecule is Nc1ccn([C@@H]2S[C@H](COP(=O)(NCc3ccccc3)OCc3ccc([N+](=O)[O-])o3)[C@@H](O)[C@@H]2O)c(=O)n1. The Kier molecular flexibility index (Phi) is 8.44. The van der Waals surface area contributed by atoms with Gasteiger partial charge in [0.25, 0.3) is 0 Å². The highest BCUT2D eigenvalue weighted by Crippen LogP contribution is 2.48. The monoisotopic (exact) mass is 553 g/mol. The molecule has 4 rings (SSSR count). The zero-order valence-electron chi connectivity index (χ0n) is 19.2. The second kappa shape index (κ2) is 11.6. The highest BCUT2D eigenvalue weighted by molar-refractivity contribution is 8.00. The molecule has 1 aliphatic rings. The molecule has 0 amide bonds. The van der Waals surface area contributed by atoms with E-state index in [1.54, 1.807) is 24.3 Å². The van der Waals surface area contributed by atoms with Crippen LogP contribution in [0.25, 0.3) is 0 Å². The standard InChI is InChI=1S/C21H24N5O9PS/c22-16-8-9-25(21(29)24-16)20-19(28)18(27)15(37-20)12-34-36(32,23-10-13-4-2-1-3-5-13)33-11-14-6-7-17(35-14)26(30)31/h1-9,15,18-20,27-28H,10-12H2,(H,23,32)(H2,22,24,29)/t15-,18-,19+,20-,36?/m1/s1. The summed E-state index contributed by atoms with van der Waals surface area (Å²) in [7, 11) is -4.05. The van der Waals surface area contributed by atoms with Crippen LogP contribution in [0.1, 0.15) is 16.7 Å². The lowest BCUT2D eigenvalue weighted by atomic mass is 10.1. The lowest BCUT2D eigenvalue weighted by molar-refractivity contribution is -0.402. The predicted molar refractivity (Wildman–Crippen MR) is 132 cm³/mol. The molecule has 0 radical (unpaired) electrons. The molecule has 3 heterocycles. The van der Waals surface area contributed by atoms with Gasteiger partial charge < -0.3 is 20.4 Å². The van der Waals surface area contributed by atoms with Gasteiger partial charge in [-0.1, -0.05) is 30.3 Å². The van der Waals surface area contributed by atoms with E-state index in [1.165, 1.54) is 18.3 Å². The Labute approximate surface area is 214 Å². The van der Waals surface area contributed by atoms with E-state index in [0.717, 1.165) is 28.0 Å². The average molecular weight is 553 g/mol. The van der Waals surface area contributed by atoms with Gasteiger partial charge in [0.2, 0.25) is 0 Å². The number of rotatable bonds is 11. The van der Waals surface area contributed by atoms with Crippen LogP contribution in [0.4, 0.5) is 11.7 Å². The molecule has 198 valence electrons. The van der Waals surface area contributed by atoms with Crippen LogP contribution in [0, 0.1) is 10.1 Å². The van der Waals surface area contributed by atoms with Crippen molar-refractivity contribution in [3.05, 3.63) is 86.7 Å².